The Morgan fingerprint density at radius 1 is 0.476 bits per heavy atom. The van der Waals surface area contributed by atoms with Gasteiger partial charge in [-0.2, -0.15) is 0 Å². The highest BCUT2D eigenvalue weighted by Gasteiger charge is 2.42. The number of ketones is 5. The number of esters is 2. The summed E-state index contributed by atoms with van der Waals surface area (Å²) in [4.78, 5) is 152. The number of nitrogens with two attached hydrogens (primary N) is 3. The highest BCUT2D eigenvalue weighted by Crippen LogP contribution is 2.35. The molecule has 0 saturated carbocycles. The predicted octanol–water partition coefficient (Wildman–Crippen LogP) is 16.1. The highest BCUT2D eigenvalue weighted by atomic mass is 16.5. The average molecular weight is 1990 g/mol. The smallest absolute Gasteiger partial charge is 0.330 e. The molecule has 770 valence electrons. The van der Waals surface area contributed by atoms with Crippen molar-refractivity contribution in [2.75, 3.05) is 120 Å². The number of carboxylic acids is 2. The first kappa shape index (κ1) is 119. The van der Waals surface area contributed by atoms with Crippen LogP contribution < -0.4 is 75.2 Å². The number of aliphatic hydroxyl groups excluding tert-OH is 1. The summed E-state index contributed by atoms with van der Waals surface area (Å²) in [6.45, 7) is 11.1. The van der Waals surface area contributed by atoms with Gasteiger partial charge >= 0.3 is 23.9 Å². The van der Waals surface area contributed by atoms with Crippen LogP contribution in [0.15, 0.2) is 244 Å². The SMILES string of the molecule is C=CC(=O)OCC(C)(C)C(=O)C(=O)N1CCCC[C@H]1C(=O)O.C=CCOC(=O)CNC(=O)Cc1cccc([C@H](O)CCc2ccc(OC)c(OC)c2)c1.CC(=O)c1cccc(N)c1.COc1ccc(/C=C/C(=O)c2cccc(N)c2)cc1OC.COc1ccc(C=O)cc1OC.COc1ccc(CCC(=O)c2cccc(N)c2)cc1OC.COc1ccc(CCC(=O)c2cccc(NC(=O)CCC(=O)O)c2)cc1OC. The number of nitrogen functional groups attached to an aromatic ring is 3. The van der Waals surface area contributed by atoms with E-state index in [-0.39, 0.29) is 74.6 Å². The summed E-state index contributed by atoms with van der Waals surface area (Å²) < 4.78 is 61.5. The minimum absolute atomic E-state index is 0.0484. The summed E-state index contributed by atoms with van der Waals surface area (Å²) in [7, 11) is 15.7. The molecule has 0 bridgehead atoms. The van der Waals surface area contributed by atoms with Crippen LogP contribution in [0.25, 0.3) is 6.08 Å². The Labute approximate surface area is 843 Å². The molecule has 0 aliphatic carbocycles. The van der Waals surface area contributed by atoms with Gasteiger partial charge in [-0.1, -0.05) is 122 Å². The molecule has 3 amide bonds. The van der Waals surface area contributed by atoms with E-state index >= 15 is 0 Å². The van der Waals surface area contributed by atoms with Gasteiger partial charge < -0.3 is 105 Å². The maximum absolute atomic E-state index is 12.5. The van der Waals surface area contributed by atoms with E-state index in [2.05, 4.69) is 23.8 Å². The van der Waals surface area contributed by atoms with Crippen molar-refractivity contribution in [2.24, 2.45) is 5.41 Å². The lowest BCUT2D eigenvalue weighted by Gasteiger charge is -2.34. The number of hydrogen-bond acceptors (Lipinski definition) is 29. The first-order chi connectivity index (χ1) is 69.4. The van der Waals surface area contributed by atoms with Gasteiger partial charge in [0.2, 0.25) is 17.6 Å². The second-order valence-electron chi connectivity index (χ2n) is 32.5. The van der Waals surface area contributed by atoms with Gasteiger partial charge in [-0.05, 0) is 220 Å². The molecule has 0 aromatic heterocycles. The zero-order valence-electron chi connectivity index (χ0n) is 83.7. The fraction of sp³-hybridized carbons (Fsp3) is 0.288. The van der Waals surface area contributed by atoms with Crippen LogP contribution in [0.5, 0.6) is 57.5 Å². The summed E-state index contributed by atoms with van der Waals surface area (Å²) >= 11 is 0. The average Bonchev–Trinajstić information content (AvgIpc) is 0.807. The molecule has 0 radical (unpaired) electrons. The van der Waals surface area contributed by atoms with Gasteiger partial charge in [0, 0.05) is 82.5 Å². The lowest BCUT2D eigenvalue weighted by molar-refractivity contribution is -0.159. The van der Waals surface area contributed by atoms with Crippen LogP contribution in [-0.2, 0) is 73.5 Å². The molecule has 11 rings (SSSR count). The Morgan fingerprint density at radius 3 is 1.39 bits per heavy atom. The number of hydrogen-bond donors (Lipinski definition) is 8. The van der Waals surface area contributed by atoms with Crippen molar-refractivity contribution in [1.82, 2.24) is 10.2 Å². The van der Waals surface area contributed by atoms with Crippen LogP contribution in [0.2, 0.25) is 0 Å². The number of ether oxygens (including phenoxy) is 12. The van der Waals surface area contributed by atoms with Crippen LogP contribution in [0.3, 0.4) is 0 Å². The number of aliphatic hydroxyl groups is 1. The summed E-state index contributed by atoms with van der Waals surface area (Å²) in [6.07, 6.45) is 10.3. The standard InChI is InChI=1S/C24H29NO6.C21H23NO6.C17H19NO3.C17H17NO3.C15H21NO6.C9H10O3.C8H9NO/c1-4-12-31-24(28)16-25-23(27)15-18-6-5-7-19(13-18)20(26)10-8-17-9-11-21(29-2)22(14-17)30-3;1-27-18-9-7-14(12-19(18)28-2)6-8-17(23)15-4-3-5-16(13-15)22-20(24)10-11-21(25)26;2*1-20-16-9-7-12(10-17(16)21-2)6-8-15(19)13-4-3-5-14(18)11-13;1-4-11(17)22-9-15(2,3)12(18)13(19)16-8-6-5-7-10(16)14(20)21;1-11-8-4-3-7(6-10)5-9(8)12-2;1-6(10)7-3-2-4-8(9)5-7/h4-7,9,11,13-14,20,26H,1,8,10,12,15-16H2,2-3H3,(H,25,27);3-5,7,9,12-13H,6,8,10-11H2,1-2H3,(H,22,24)(H,25,26);3-5,7,9-11H,6,8,18H2,1-2H3;3-11H,18H2,1-2H3;4,10H,1,5-9H2,2-3H3,(H,20,21);3-6H,1-2H3;2-5H,9H2,1H3/b;;;8-6+;;;/t20-;;;;10-;;/m1...0../s1. The zero-order valence-corrected chi connectivity index (χ0v) is 83.7. The molecule has 10 aromatic carbocycles. The Hall–Kier alpha value is -16.9. The van der Waals surface area contributed by atoms with E-state index in [9.17, 15) is 67.4 Å². The van der Waals surface area contributed by atoms with Crippen LogP contribution in [0, 0.1) is 5.41 Å². The lowest BCUT2D eigenvalue weighted by Crippen LogP contribution is -2.53. The first-order valence-corrected chi connectivity index (χ1v) is 45.6. The van der Waals surface area contributed by atoms with Crippen molar-refractivity contribution in [3.8, 4) is 57.5 Å². The van der Waals surface area contributed by atoms with E-state index < -0.39 is 59.0 Å². The molecule has 1 saturated heterocycles. The molecule has 11 N–H and O–H groups in total. The van der Waals surface area contributed by atoms with Crippen molar-refractivity contribution in [3.05, 3.63) is 305 Å². The van der Waals surface area contributed by atoms with E-state index in [0.29, 0.717) is 166 Å². The molecule has 0 spiro atoms. The van der Waals surface area contributed by atoms with Gasteiger partial charge in [-0.3, -0.25) is 52.7 Å². The Bertz CT molecular complexity index is 6090. The molecule has 34 nitrogen and oxygen atoms in total. The number of aldehydes is 1. The van der Waals surface area contributed by atoms with Crippen LogP contribution in [0.4, 0.5) is 22.7 Å². The molecule has 2 atom stereocenters. The molecular formula is C111H128N6O28. The van der Waals surface area contributed by atoms with E-state index in [1.807, 2.05) is 66.7 Å². The molecule has 1 aliphatic heterocycles. The molecule has 34 heteroatoms. The number of carbonyl (C=O) groups excluding carboxylic acids is 11. The minimum atomic E-state index is -1.23. The quantitative estimate of drug-likeness (QED) is 0.00335. The monoisotopic (exact) mass is 1990 g/mol. The number of aryl methyl sites for hydroxylation is 3. The van der Waals surface area contributed by atoms with Crippen molar-refractivity contribution in [1.29, 1.82) is 0 Å². The normalized spacial score (nSPS) is 11.6. The number of likely N-dealkylation sites (tertiary alicyclic amines) is 1. The summed E-state index contributed by atoms with van der Waals surface area (Å²) in [5.74, 6) is 0.679. The second-order valence-corrected chi connectivity index (χ2v) is 32.5. The van der Waals surface area contributed by atoms with Crippen molar-refractivity contribution < 1.29 is 134 Å². The zero-order chi connectivity index (χ0) is 107. The molecule has 1 heterocycles. The third kappa shape index (κ3) is 41.4. The summed E-state index contributed by atoms with van der Waals surface area (Å²) in [5.41, 5.74) is 26.1. The molecule has 1 fully saturated rings. The number of methoxy groups -OCH3 is 10. The molecule has 0 unspecified atom stereocenters. The topological polar surface area (TPSA) is 499 Å². The number of amides is 3. The van der Waals surface area contributed by atoms with Gasteiger partial charge in [-0.25, -0.2) is 9.59 Å². The number of aliphatic carboxylic acids is 2. The number of rotatable bonds is 43. The largest absolute Gasteiger partial charge is 0.493 e. The first-order valence-electron chi connectivity index (χ1n) is 45.6. The van der Waals surface area contributed by atoms with E-state index in [1.165, 1.54) is 40.0 Å². The molecule has 145 heavy (non-hydrogen) atoms. The number of Topliss-reactive ketones (excluding diaryl/α,β-unsaturated/α-hetero) is 4. The van der Waals surface area contributed by atoms with Gasteiger partial charge in [-0.15, -0.1) is 0 Å². The Balaban J connectivity index is 0.000000305. The van der Waals surface area contributed by atoms with E-state index in [0.717, 1.165) is 50.6 Å². The van der Waals surface area contributed by atoms with Gasteiger partial charge in [0.1, 0.15) is 32.1 Å². The van der Waals surface area contributed by atoms with E-state index in [1.54, 1.807) is 216 Å². The van der Waals surface area contributed by atoms with Crippen LogP contribution in [0.1, 0.15) is 163 Å². The number of allylic oxidation sites excluding steroid dienone is 1. The van der Waals surface area contributed by atoms with Gasteiger partial charge in [0.15, 0.2) is 80.6 Å². The third-order valence-corrected chi connectivity index (χ3v) is 21.5. The molecule has 10 aromatic rings. The van der Waals surface area contributed by atoms with Crippen molar-refractivity contribution in [3.63, 3.8) is 0 Å². The number of piperidine rings is 1. The number of nitrogens with one attached hydrogen (secondary N) is 2. The van der Waals surface area contributed by atoms with Crippen LogP contribution in [-0.4, -0.2) is 200 Å². The van der Waals surface area contributed by atoms with Crippen molar-refractivity contribution >= 4 is 106 Å². The second kappa shape index (κ2) is 63.0. The van der Waals surface area contributed by atoms with Crippen molar-refractivity contribution in [2.45, 2.75) is 110 Å². The number of benzene rings is 10. The van der Waals surface area contributed by atoms with Crippen LogP contribution >= 0.6 is 0 Å². The van der Waals surface area contributed by atoms with E-state index in [4.69, 9.17) is 84.3 Å². The predicted molar refractivity (Wildman–Crippen MR) is 551 cm³/mol. The third-order valence-electron chi connectivity index (χ3n) is 21.5. The summed E-state index contributed by atoms with van der Waals surface area (Å²) in [6, 6.07) is 61.1. The number of anilines is 4. The molecular weight excluding hydrogens is 1870 g/mol. The maximum Gasteiger partial charge on any atom is 0.330 e. The Morgan fingerprint density at radius 2 is 0.924 bits per heavy atom. The fourth-order valence-corrected chi connectivity index (χ4v) is 13.7. The minimum Gasteiger partial charge on any atom is -0.493 e. The molecule has 1 aliphatic rings. The van der Waals surface area contributed by atoms with Gasteiger partial charge in [0.25, 0.3) is 5.91 Å². The van der Waals surface area contributed by atoms with Gasteiger partial charge in [0.05, 0.1) is 95.5 Å². The summed E-state index contributed by atoms with van der Waals surface area (Å²) in [5, 5.41) is 33.5. The number of carboxylic acid groups (broad SMARTS) is 2. The fourth-order valence-electron chi connectivity index (χ4n) is 13.7. The number of nitrogens with zero attached hydrogens (tertiary/aromatic N) is 1. The number of carbonyl (C=O) groups is 13. The maximum atomic E-state index is 12.5. The lowest BCUT2D eigenvalue weighted by atomic mass is 9.87. The Kier molecular flexibility index (Phi) is 51.5. The highest BCUT2D eigenvalue weighted by molar-refractivity contribution is 6.38.